The quantitative estimate of drug-likeness (QED) is 0.201. The normalized spacial score (nSPS) is 19.9. The third-order valence-corrected chi connectivity index (χ3v) is 11.8. The van der Waals surface area contributed by atoms with Gasteiger partial charge in [0.1, 0.15) is 11.6 Å². The van der Waals surface area contributed by atoms with Crippen LogP contribution in [0.4, 0.5) is 8.78 Å². The van der Waals surface area contributed by atoms with Gasteiger partial charge in [0, 0.05) is 24.1 Å². The average Bonchev–Trinajstić information content (AvgIpc) is 3.67. The van der Waals surface area contributed by atoms with Crippen molar-refractivity contribution in [2.75, 3.05) is 11.5 Å². The molecular weight excluding hydrogens is 664 g/mol. The summed E-state index contributed by atoms with van der Waals surface area (Å²) in [6, 6.07) is 12.9. The molecule has 0 aliphatic carbocycles. The van der Waals surface area contributed by atoms with Crippen molar-refractivity contribution in [2.24, 2.45) is 18.4 Å². The fourth-order valence-corrected chi connectivity index (χ4v) is 8.95. The summed E-state index contributed by atoms with van der Waals surface area (Å²) in [4.78, 5) is 16.5. The molecule has 2 N–H and O–H groups in total. The van der Waals surface area contributed by atoms with Crippen LogP contribution in [-0.2, 0) is 39.9 Å². The smallest absolute Gasteiger partial charge is 0.306 e. The topological polar surface area (TPSA) is 140 Å². The maximum atomic E-state index is 15.6. The van der Waals surface area contributed by atoms with Crippen LogP contribution in [0.25, 0.3) is 22.3 Å². The molecule has 1 aliphatic heterocycles. The van der Waals surface area contributed by atoms with Gasteiger partial charge in [-0.05, 0) is 67.3 Å². The Morgan fingerprint density at radius 3 is 2.64 bits per heavy atom. The lowest BCUT2D eigenvalue weighted by molar-refractivity contribution is -0.141. The summed E-state index contributed by atoms with van der Waals surface area (Å²) in [7, 11) is -1.94. The van der Waals surface area contributed by atoms with E-state index < -0.39 is 44.2 Å². The average molecular weight is 706 g/mol. The molecule has 10 nitrogen and oxygen atoms in total. The second-order valence-corrected chi connectivity index (χ2v) is 16.6. The standard InChI is InChI=1S/C37H41F2N5O5S/c1-22(34(45)46)16-23-8-6-9-24(17-23)37(4)14-7-13-36(2,3)21-50(47,48)15-12-26-28-20-40-42-31(28)19-30(39)32(26)49-25-10-11-29(38)27(18-25)33-41-35(37)43-44(33)5/h6,8-11,17-20,22H,7,12-16,21H2,1-5H3,(H,40,42)(H,45,46)/t22-,37+/m0/s1. The first kappa shape index (κ1) is 35.2. The van der Waals surface area contributed by atoms with E-state index in [0.29, 0.717) is 48.0 Å². The largest absolute Gasteiger partial charge is 0.481 e. The summed E-state index contributed by atoms with van der Waals surface area (Å²) >= 11 is 0. The first-order valence-electron chi connectivity index (χ1n) is 16.6. The van der Waals surface area contributed by atoms with E-state index >= 15 is 8.78 Å². The first-order chi connectivity index (χ1) is 23.5. The van der Waals surface area contributed by atoms with Gasteiger partial charge in [0.05, 0.1) is 40.1 Å². The lowest BCUT2D eigenvalue weighted by Gasteiger charge is -2.31. The van der Waals surface area contributed by atoms with Crippen LogP contribution < -0.4 is 4.74 Å². The number of sulfone groups is 1. The van der Waals surface area contributed by atoms with Crippen LogP contribution in [0.2, 0.25) is 0 Å². The van der Waals surface area contributed by atoms with E-state index in [1.807, 2.05) is 45.0 Å². The van der Waals surface area contributed by atoms with Crippen LogP contribution >= 0.6 is 0 Å². The second-order valence-electron chi connectivity index (χ2n) is 14.5. The Kier molecular flexibility index (Phi) is 9.31. The van der Waals surface area contributed by atoms with Crippen molar-refractivity contribution in [3.63, 3.8) is 0 Å². The van der Waals surface area contributed by atoms with Gasteiger partial charge >= 0.3 is 5.97 Å². The number of nitrogens with one attached hydrogen (secondary N) is 1. The van der Waals surface area contributed by atoms with Gasteiger partial charge in [0.15, 0.2) is 33.1 Å². The lowest BCUT2D eigenvalue weighted by Crippen LogP contribution is -2.29. The molecule has 264 valence electrons. The number of carboxylic acid groups (broad SMARTS) is 1. The highest BCUT2D eigenvalue weighted by atomic mass is 32.2. The highest BCUT2D eigenvalue weighted by Gasteiger charge is 2.36. The summed E-state index contributed by atoms with van der Waals surface area (Å²) in [5, 5.41) is 21.6. The molecule has 0 amide bonds. The van der Waals surface area contributed by atoms with Crippen molar-refractivity contribution < 1.29 is 31.8 Å². The van der Waals surface area contributed by atoms with Gasteiger partial charge in [-0.1, -0.05) is 51.5 Å². The summed E-state index contributed by atoms with van der Waals surface area (Å²) in [6.07, 6.45) is 3.54. The third kappa shape index (κ3) is 7.14. The molecule has 1 aliphatic rings. The van der Waals surface area contributed by atoms with Crippen LogP contribution in [0, 0.1) is 23.0 Å². The number of aliphatic carboxylic acids is 1. The molecule has 0 saturated carbocycles. The molecule has 0 unspecified atom stereocenters. The minimum Gasteiger partial charge on any atom is -0.481 e. The Morgan fingerprint density at radius 2 is 1.88 bits per heavy atom. The highest BCUT2D eigenvalue weighted by Crippen LogP contribution is 2.41. The number of aromatic nitrogens is 5. The molecule has 2 aromatic heterocycles. The van der Waals surface area contributed by atoms with E-state index in [0.717, 1.165) is 11.1 Å². The number of H-pyrrole nitrogens is 1. The van der Waals surface area contributed by atoms with Crippen molar-refractivity contribution in [1.29, 1.82) is 0 Å². The zero-order chi connectivity index (χ0) is 36.0. The molecule has 4 bridgehead atoms. The predicted octanol–water partition coefficient (Wildman–Crippen LogP) is 7.17. The number of aryl methyl sites for hydroxylation is 2. The Labute approximate surface area is 289 Å². The highest BCUT2D eigenvalue weighted by molar-refractivity contribution is 7.91. The molecule has 3 aromatic carbocycles. The summed E-state index contributed by atoms with van der Waals surface area (Å²) in [5.41, 5.74) is 1.14. The number of halogens is 2. The van der Waals surface area contributed by atoms with Crippen LogP contribution in [0.15, 0.2) is 54.7 Å². The maximum Gasteiger partial charge on any atom is 0.306 e. The lowest BCUT2D eigenvalue weighted by atomic mass is 9.75. The van der Waals surface area contributed by atoms with Gasteiger partial charge in [-0.15, -0.1) is 0 Å². The van der Waals surface area contributed by atoms with Crippen molar-refractivity contribution >= 4 is 26.7 Å². The summed E-state index contributed by atoms with van der Waals surface area (Å²) < 4.78 is 66.0. The molecule has 5 aromatic rings. The van der Waals surface area contributed by atoms with Crippen molar-refractivity contribution in [1.82, 2.24) is 25.0 Å². The number of hydrogen-bond donors (Lipinski definition) is 2. The van der Waals surface area contributed by atoms with Crippen molar-refractivity contribution in [3.05, 3.63) is 88.9 Å². The van der Waals surface area contributed by atoms with E-state index in [1.165, 1.54) is 35.1 Å². The molecule has 2 atom stereocenters. The minimum absolute atomic E-state index is 0.0167. The molecule has 0 radical (unpaired) electrons. The zero-order valence-corrected chi connectivity index (χ0v) is 29.6. The minimum atomic E-state index is -3.62. The van der Waals surface area contributed by atoms with Gasteiger partial charge in [0.25, 0.3) is 0 Å². The number of fused-ring (bicyclic) bond motifs is 8. The number of benzene rings is 3. The fourth-order valence-electron chi connectivity index (χ4n) is 6.96. The Balaban J connectivity index is 1.50. The molecule has 50 heavy (non-hydrogen) atoms. The Hall–Kier alpha value is -4.65. The number of hydrogen-bond acceptors (Lipinski definition) is 7. The van der Waals surface area contributed by atoms with E-state index in [1.54, 1.807) is 14.0 Å². The number of nitrogens with zero attached hydrogens (tertiary/aromatic N) is 4. The predicted molar refractivity (Wildman–Crippen MR) is 186 cm³/mol. The maximum absolute atomic E-state index is 15.6. The van der Waals surface area contributed by atoms with Crippen molar-refractivity contribution in [3.8, 4) is 22.9 Å². The Bertz CT molecular complexity index is 2200. The number of ether oxygens (including phenoxy) is 1. The van der Waals surface area contributed by atoms with Crippen molar-refractivity contribution in [2.45, 2.75) is 65.2 Å². The zero-order valence-electron chi connectivity index (χ0n) is 28.8. The molecule has 0 saturated heterocycles. The third-order valence-electron chi connectivity index (χ3n) is 9.74. The molecule has 0 spiro atoms. The summed E-state index contributed by atoms with van der Waals surface area (Å²) in [5.74, 6) is -2.45. The molecule has 13 heteroatoms. The SMILES string of the molecule is C[C@@H](Cc1cccc([C@@]2(C)CCCC(C)(C)CS(=O)(=O)CCc3c(c(F)cc4[nH]ncc34)Oc3ccc(F)c(c3)-c3nc2nn3C)c1)C(=O)O. The van der Waals surface area contributed by atoms with Gasteiger partial charge < -0.3 is 9.84 Å². The molecule has 6 rings (SSSR count). The van der Waals surface area contributed by atoms with Crippen LogP contribution in [-0.4, -0.2) is 56.0 Å². The van der Waals surface area contributed by atoms with E-state index in [9.17, 15) is 18.3 Å². The molecule has 3 heterocycles. The summed E-state index contributed by atoms with van der Waals surface area (Å²) in [6.45, 7) is 7.50. The van der Waals surface area contributed by atoms with E-state index in [2.05, 4.69) is 10.2 Å². The van der Waals surface area contributed by atoms with Gasteiger partial charge in [-0.2, -0.15) is 10.2 Å². The van der Waals surface area contributed by atoms with Crippen LogP contribution in [0.5, 0.6) is 11.5 Å². The van der Waals surface area contributed by atoms with E-state index in [4.69, 9.17) is 14.8 Å². The number of aromatic amines is 1. The first-order valence-corrected chi connectivity index (χ1v) is 18.4. The monoisotopic (exact) mass is 705 g/mol. The van der Waals surface area contributed by atoms with Gasteiger partial charge in [0.2, 0.25) is 0 Å². The number of carboxylic acids is 1. The fraction of sp³-hybridized carbons (Fsp3) is 0.405. The van der Waals surface area contributed by atoms with E-state index in [-0.39, 0.29) is 40.8 Å². The Morgan fingerprint density at radius 1 is 1.10 bits per heavy atom. The molecule has 0 fully saturated rings. The number of carbonyl (C=O) groups is 1. The number of rotatable bonds is 4. The van der Waals surface area contributed by atoms with Crippen LogP contribution in [0.1, 0.15) is 69.5 Å². The van der Waals surface area contributed by atoms with Gasteiger partial charge in [-0.3, -0.25) is 9.89 Å². The molecular formula is C37H41F2N5O5S. The van der Waals surface area contributed by atoms with Gasteiger partial charge in [-0.25, -0.2) is 26.9 Å². The van der Waals surface area contributed by atoms with Crippen LogP contribution in [0.3, 0.4) is 0 Å². The second kappa shape index (κ2) is 13.2.